The van der Waals surface area contributed by atoms with Crippen LogP contribution in [0.3, 0.4) is 0 Å². The van der Waals surface area contributed by atoms with E-state index < -0.39 is 86.3 Å². The van der Waals surface area contributed by atoms with Crippen molar-refractivity contribution in [3.05, 3.63) is 78.9 Å². The fourth-order valence-electron chi connectivity index (χ4n) is 4.62. The van der Waals surface area contributed by atoms with E-state index in [2.05, 4.69) is 83.4 Å². The zero-order valence-electron chi connectivity index (χ0n) is 35.4. The van der Waals surface area contributed by atoms with Gasteiger partial charge in [0, 0.05) is 5.69 Å². The zero-order chi connectivity index (χ0) is 47.1. The topological polar surface area (TPSA) is 405 Å². The van der Waals surface area contributed by atoms with Crippen molar-refractivity contribution in [1.82, 2.24) is 15.0 Å². The van der Waals surface area contributed by atoms with E-state index in [-0.39, 0.29) is 188 Å². The van der Waals surface area contributed by atoms with Crippen molar-refractivity contribution in [1.29, 1.82) is 0.594 Å². The Morgan fingerprint density at radius 3 is 1.97 bits per heavy atom. The number of hydrogen-bond acceptors (Lipinski definition) is 28. The SMILES string of the molecule is Nc1c(N=Nc2ccc(S(=O)(=O)CCOSOO[O-])cc2)cc(S(=O)(=O)[O-])c(N)c1N=Nc1cc(Nc2nc(F)nc(Nc3ccccc3S(=O)(=O)[O-])n2)ccc1SOO[O-].[3H][I-]I.[Na+].[Na+].[Na+].[Na+]. The van der Waals surface area contributed by atoms with Crippen LogP contribution < -0.4 is 169 Å². The van der Waals surface area contributed by atoms with Gasteiger partial charge in [0.2, 0.25) is 11.9 Å². The van der Waals surface area contributed by atoms with Crippen LogP contribution in [0.4, 0.5) is 61.8 Å². The fourth-order valence-corrected chi connectivity index (χ4v) is 7.69. The number of azo groups is 2. The molecule has 0 amide bonds. The van der Waals surface area contributed by atoms with E-state index in [1.54, 1.807) is 0 Å². The minimum Gasteiger partial charge on any atom is 1.00 e. The summed E-state index contributed by atoms with van der Waals surface area (Å²) in [7, 11) is -14.2. The Morgan fingerprint density at radius 1 is 0.761 bits per heavy atom. The van der Waals surface area contributed by atoms with Crippen molar-refractivity contribution in [2.24, 2.45) is 20.5 Å². The molecule has 38 heteroatoms. The number of para-hydroxylation sites is 1. The second-order valence-corrected chi connectivity index (χ2v) is 17.2. The summed E-state index contributed by atoms with van der Waals surface area (Å²) in [6.07, 6.45) is -1.34. The number of halogens is 3. The van der Waals surface area contributed by atoms with E-state index in [9.17, 15) is 49.3 Å². The van der Waals surface area contributed by atoms with Gasteiger partial charge in [-0.25, -0.2) is 25.3 Å². The van der Waals surface area contributed by atoms with Gasteiger partial charge in [0.15, 0.2) is 22.2 Å². The van der Waals surface area contributed by atoms with Gasteiger partial charge in [0.1, 0.15) is 37.3 Å². The molecule has 0 aliphatic heterocycles. The molecule has 1 aromatic heterocycles. The predicted molar refractivity (Wildman–Crippen MR) is 216 cm³/mol. The molecule has 0 unspecified atom stereocenters. The monoisotopic (exact) mass is 1290 g/mol. The van der Waals surface area contributed by atoms with Gasteiger partial charge in [-0.3, -0.25) is 14.3 Å². The van der Waals surface area contributed by atoms with Gasteiger partial charge in [0.25, 0.3) is 0 Å². The van der Waals surface area contributed by atoms with Crippen LogP contribution in [-0.4, -0.2) is 62.3 Å². The first-order valence-corrected chi connectivity index (χ1v) is 28.1. The molecule has 0 bridgehead atoms. The van der Waals surface area contributed by atoms with Crippen molar-refractivity contribution >= 4 is 130 Å². The van der Waals surface area contributed by atoms with Crippen LogP contribution in [0.15, 0.2) is 113 Å². The molecule has 0 aliphatic carbocycles. The summed E-state index contributed by atoms with van der Waals surface area (Å²) in [6, 6.07) is 14.2. The fraction of sp³-hybridized carbons (Fsp3) is 0.0690. The normalized spacial score (nSPS) is 11.6. The summed E-state index contributed by atoms with van der Waals surface area (Å²) in [6.45, 7) is -0.370. The van der Waals surface area contributed by atoms with Crippen LogP contribution in [-0.2, 0) is 53.0 Å². The molecule has 5 rings (SSSR count). The zero-order valence-corrected chi connectivity index (χ0v) is 50.8. The van der Waals surface area contributed by atoms with Crippen molar-refractivity contribution in [3.8, 4) is 0 Å². The average molecular weight is 1290 g/mol. The second-order valence-electron chi connectivity index (χ2n) is 11.1. The number of aromatic nitrogens is 3. The first-order chi connectivity index (χ1) is 30.3. The summed E-state index contributed by atoms with van der Waals surface area (Å²) in [5, 5.41) is 47.6. The first kappa shape index (κ1) is 64.9. The van der Waals surface area contributed by atoms with E-state index in [1.807, 2.05) is 0 Å². The number of rotatable bonds is 20. The Kier molecular flexibility index (Phi) is 31.1. The van der Waals surface area contributed by atoms with Crippen LogP contribution in [0, 0.1) is 6.08 Å². The van der Waals surface area contributed by atoms with Gasteiger partial charge >= 0.3 is 162 Å². The summed E-state index contributed by atoms with van der Waals surface area (Å²) in [5.41, 5.74) is 9.58. The van der Waals surface area contributed by atoms with Gasteiger partial charge in [-0.1, -0.05) is 12.1 Å². The van der Waals surface area contributed by atoms with E-state index in [1.165, 1.54) is 60.7 Å². The maximum absolute atomic E-state index is 14.5. The summed E-state index contributed by atoms with van der Waals surface area (Å²) < 4.78 is 131. The van der Waals surface area contributed by atoms with Crippen molar-refractivity contribution in [3.63, 3.8) is 0 Å². The molecule has 0 saturated carbocycles. The molecule has 0 saturated heterocycles. The summed E-state index contributed by atoms with van der Waals surface area (Å²) in [4.78, 5) is 9.10. The number of sulfone groups is 1. The Morgan fingerprint density at radius 2 is 1.36 bits per heavy atom. The van der Waals surface area contributed by atoms with Gasteiger partial charge < -0.3 is 41.7 Å². The van der Waals surface area contributed by atoms with E-state index in [0.29, 0.717) is 18.1 Å². The number of anilines is 6. The van der Waals surface area contributed by atoms with Gasteiger partial charge in [-0.2, -0.15) is 28.8 Å². The standard InChI is InChI=1S/C29H26FN11O15S5.HI2.4Na/c30-27-35-28(37-29(36-27)34-18-3-1-2-4-22(18)60(46,47)48)33-16-7-10-21(57-55-53-42)19(13-16)39-41-26-24(31)20(14-23(25(26)32)61(49,50)51)40-38-15-5-8-17(9-6-15)59(44,45)12-11-52-58-56-54-43;1-2;;;;/h1-10,13-14,42-43H,11-12,31-32H2,(H,46,47,48)(H,49,50,51)(H2,33,34,35,36,37);1H;;;;/q;-1;4*+1/p-4/i;1T;;;;. The van der Waals surface area contributed by atoms with Crippen LogP contribution in [0.1, 0.15) is 0 Å². The quantitative estimate of drug-likeness (QED) is 0.00647. The molecular formula is C29H23FI2N11Na4O15S5-. The van der Waals surface area contributed by atoms with Crippen LogP contribution in [0.2, 0.25) is 0 Å². The third kappa shape index (κ3) is 20.7. The first-order valence-electron chi connectivity index (χ1n) is 16.3. The number of benzene rings is 4. The maximum Gasteiger partial charge on any atom is 1.00 e. The minimum atomic E-state index is -5.32. The maximum atomic E-state index is 14.5. The van der Waals surface area contributed by atoms with Gasteiger partial charge in [-0.05, 0) is 60.7 Å². The molecule has 0 fully saturated rings. The van der Waals surface area contributed by atoms with E-state index >= 15 is 0 Å². The molecule has 6 N–H and O–H groups in total. The molecule has 67 heavy (non-hydrogen) atoms. The predicted octanol–water partition coefficient (Wildman–Crippen LogP) is -11.3. The molecule has 26 nitrogen and oxygen atoms in total. The Hall–Kier alpha value is -0.130. The van der Waals surface area contributed by atoms with E-state index in [0.717, 1.165) is 6.07 Å². The third-order valence-electron chi connectivity index (χ3n) is 7.23. The second kappa shape index (κ2) is 32.1. The molecule has 0 aliphatic rings. The van der Waals surface area contributed by atoms with Crippen LogP contribution >= 0.6 is 43.0 Å². The molecule has 4 aromatic carbocycles. The molecule has 5 aromatic rings. The molecule has 0 atom stereocenters. The Labute approximate surface area is 500 Å². The van der Waals surface area contributed by atoms with Crippen molar-refractivity contribution in [2.45, 2.75) is 19.6 Å². The van der Waals surface area contributed by atoms with Crippen molar-refractivity contribution in [2.75, 3.05) is 34.5 Å². The van der Waals surface area contributed by atoms with Gasteiger partial charge in [0.05, 0.1) is 66.7 Å². The van der Waals surface area contributed by atoms with Crippen LogP contribution in [0.25, 0.3) is 0 Å². The number of nitrogens with zero attached hydrogens (tertiary/aromatic N) is 7. The van der Waals surface area contributed by atoms with E-state index in [4.69, 9.17) is 16.2 Å². The smallest absolute Gasteiger partial charge is 1.00 e. The number of nitrogen functional groups attached to an aromatic ring is 2. The summed E-state index contributed by atoms with van der Waals surface area (Å²) >= 11 is 2.34. The largest absolute Gasteiger partial charge is 1.00 e. The van der Waals surface area contributed by atoms with Crippen molar-refractivity contribution < 1.29 is 209 Å². The summed E-state index contributed by atoms with van der Waals surface area (Å²) in [5.74, 6) is -1.49. The average Bonchev–Trinajstić information content (AvgIpc) is 3.22. The number of hydrogen-bond donors (Lipinski definition) is 4. The molecule has 340 valence electrons. The molecule has 1 heterocycles. The van der Waals surface area contributed by atoms with Gasteiger partial charge in [-0.15, -0.1) is 19.7 Å². The Balaban J connectivity index is 0.00000624. The number of nitrogens with one attached hydrogen (secondary N) is 2. The molecular weight excluding hydrogens is 1270 g/mol. The third-order valence-corrected chi connectivity index (χ3v) is 11.7. The van der Waals surface area contributed by atoms with Crippen LogP contribution in [0.5, 0.6) is 0 Å². The molecule has 0 radical (unpaired) electrons. The minimum absolute atomic E-state index is 0. The molecule has 0 spiro atoms. The Bertz CT molecular complexity index is 2850. The number of nitrogens with two attached hydrogens (primary N) is 2.